The van der Waals surface area contributed by atoms with Gasteiger partial charge in [-0.1, -0.05) is 6.07 Å². The summed E-state index contributed by atoms with van der Waals surface area (Å²) < 4.78 is 13.1. The molecule has 1 aromatic carbocycles. The third kappa shape index (κ3) is 3.67. The zero-order chi connectivity index (χ0) is 18.6. The summed E-state index contributed by atoms with van der Waals surface area (Å²) in [5, 5.41) is 2.90. The van der Waals surface area contributed by atoms with Gasteiger partial charge in [0.05, 0.1) is 5.56 Å². The normalized spacial score (nSPS) is 10.9. The Labute approximate surface area is 154 Å². The number of carbonyl (C=O) groups is 1. The van der Waals surface area contributed by atoms with Crippen LogP contribution < -0.4 is 5.32 Å². The Balaban J connectivity index is 1.54. The molecule has 0 saturated carbocycles. The Morgan fingerprint density at radius 1 is 1.11 bits per heavy atom. The van der Waals surface area contributed by atoms with E-state index in [9.17, 15) is 9.18 Å². The second-order valence-electron chi connectivity index (χ2n) is 6.02. The molecule has 0 aliphatic heterocycles. The van der Waals surface area contributed by atoms with Gasteiger partial charge in [0.15, 0.2) is 5.65 Å². The van der Waals surface area contributed by atoms with Gasteiger partial charge in [0.25, 0.3) is 5.91 Å². The summed E-state index contributed by atoms with van der Waals surface area (Å²) in [6.07, 6.45) is 5.74. The molecule has 0 bridgehead atoms. The molecule has 1 amide bonds. The van der Waals surface area contributed by atoms with Crippen LogP contribution in [0.3, 0.4) is 0 Å². The van der Waals surface area contributed by atoms with Crippen LogP contribution in [0.1, 0.15) is 15.9 Å². The quantitative estimate of drug-likeness (QED) is 0.572. The molecule has 0 atom stereocenters. The van der Waals surface area contributed by atoms with Gasteiger partial charge >= 0.3 is 0 Å². The summed E-state index contributed by atoms with van der Waals surface area (Å²) >= 11 is 0. The van der Waals surface area contributed by atoms with Crippen LogP contribution in [0.2, 0.25) is 0 Å². The smallest absolute Gasteiger partial charge is 0.253 e. The maximum atomic E-state index is 13.1. The number of nitrogens with zero attached hydrogens (tertiary/aromatic N) is 3. The van der Waals surface area contributed by atoms with E-state index in [1.807, 2.05) is 12.1 Å². The molecule has 0 aliphatic rings. The topological polar surface area (TPSA) is 83.6 Å². The van der Waals surface area contributed by atoms with Gasteiger partial charge in [0, 0.05) is 30.7 Å². The number of aromatic nitrogens is 4. The van der Waals surface area contributed by atoms with Crippen LogP contribution in [0.5, 0.6) is 0 Å². The number of pyridine rings is 2. The Morgan fingerprint density at radius 3 is 2.74 bits per heavy atom. The molecule has 3 aromatic heterocycles. The zero-order valence-electron chi connectivity index (χ0n) is 14.3. The molecule has 2 N–H and O–H groups in total. The number of hydrogen-bond acceptors (Lipinski definition) is 4. The van der Waals surface area contributed by atoms with Crippen molar-refractivity contribution in [2.45, 2.75) is 6.42 Å². The Morgan fingerprint density at radius 2 is 1.96 bits per heavy atom. The molecule has 0 unspecified atom stereocenters. The standard InChI is InChI=1S/C20H16FN5O/c21-15-5-3-14(4-6-15)18-25-17-16(8-11-23-19(17)26-18)20(27)24-10-7-13-2-1-9-22-12-13/h1-6,8-9,11-12H,7,10H2,(H,24,27)(H,23,25,26). The average Bonchev–Trinajstić information content (AvgIpc) is 3.13. The van der Waals surface area contributed by atoms with Crippen molar-refractivity contribution in [3.05, 3.63) is 78.0 Å². The first-order chi connectivity index (χ1) is 13.2. The first-order valence-electron chi connectivity index (χ1n) is 8.48. The minimum absolute atomic E-state index is 0.219. The van der Waals surface area contributed by atoms with Gasteiger partial charge in [-0.25, -0.2) is 14.4 Å². The average molecular weight is 361 g/mol. The van der Waals surface area contributed by atoms with Crippen molar-refractivity contribution in [1.82, 2.24) is 25.3 Å². The first-order valence-corrected chi connectivity index (χ1v) is 8.48. The minimum atomic E-state index is -0.318. The fraction of sp³-hybridized carbons (Fsp3) is 0.100. The number of carbonyl (C=O) groups excluding carboxylic acids is 1. The van der Waals surface area contributed by atoms with Crippen LogP contribution in [-0.2, 0) is 6.42 Å². The summed E-state index contributed by atoms with van der Waals surface area (Å²) in [6, 6.07) is 11.4. The van der Waals surface area contributed by atoms with Crippen LogP contribution >= 0.6 is 0 Å². The largest absolute Gasteiger partial charge is 0.352 e. The first kappa shape index (κ1) is 16.8. The summed E-state index contributed by atoms with van der Waals surface area (Å²) in [4.78, 5) is 28.4. The molecule has 0 saturated heterocycles. The van der Waals surface area contributed by atoms with Gasteiger partial charge < -0.3 is 10.3 Å². The zero-order valence-corrected chi connectivity index (χ0v) is 14.3. The number of aromatic amines is 1. The predicted octanol–water partition coefficient (Wildman–Crippen LogP) is 3.13. The number of benzene rings is 1. The van der Waals surface area contributed by atoms with Crippen molar-refractivity contribution >= 4 is 17.1 Å². The van der Waals surface area contributed by atoms with Crippen LogP contribution in [0.15, 0.2) is 61.1 Å². The lowest BCUT2D eigenvalue weighted by Gasteiger charge is -2.05. The van der Waals surface area contributed by atoms with E-state index in [1.165, 1.54) is 12.1 Å². The van der Waals surface area contributed by atoms with Gasteiger partial charge in [-0.05, 0) is 48.4 Å². The maximum absolute atomic E-state index is 13.1. The Bertz CT molecular complexity index is 1080. The van der Waals surface area contributed by atoms with E-state index in [0.29, 0.717) is 35.5 Å². The fourth-order valence-corrected chi connectivity index (χ4v) is 2.80. The number of rotatable bonds is 5. The monoisotopic (exact) mass is 361 g/mol. The van der Waals surface area contributed by atoms with Crippen molar-refractivity contribution in [3.8, 4) is 11.4 Å². The highest BCUT2D eigenvalue weighted by Crippen LogP contribution is 2.21. The van der Waals surface area contributed by atoms with E-state index in [4.69, 9.17) is 0 Å². The molecule has 0 spiro atoms. The van der Waals surface area contributed by atoms with E-state index in [1.54, 1.807) is 36.8 Å². The van der Waals surface area contributed by atoms with E-state index in [0.717, 1.165) is 11.1 Å². The van der Waals surface area contributed by atoms with E-state index >= 15 is 0 Å². The van der Waals surface area contributed by atoms with Crippen molar-refractivity contribution < 1.29 is 9.18 Å². The molecule has 0 fully saturated rings. The molecule has 3 heterocycles. The molecule has 7 heteroatoms. The highest BCUT2D eigenvalue weighted by molar-refractivity contribution is 6.04. The lowest BCUT2D eigenvalue weighted by Crippen LogP contribution is -2.26. The molecule has 4 rings (SSSR count). The molecular weight excluding hydrogens is 345 g/mol. The highest BCUT2D eigenvalue weighted by Gasteiger charge is 2.15. The lowest BCUT2D eigenvalue weighted by atomic mass is 10.2. The van der Waals surface area contributed by atoms with Gasteiger partial charge in [-0.2, -0.15) is 0 Å². The molecule has 134 valence electrons. The van der Waals surface area contributed by atoms with Gasteiger partial charge in [-0.15, -0.1) is 0 Å². The molecule has 6 nitrogen and oxygen atoms in total. The molecule has 27 heavy (non-hydrogen) atoms. The Hall–Kier alpha value is -3.61. The second-order valence-corrected chi connectivity index (χ2v) is 6.02. The van der Waals surface area contributed by atoms with Crippen molar-refractivity contribution in [1.29, 1.82) is 0 Å². The van der Waals surface area contributed by atoms with Crippen LogP contribution in [0.4, 0.5) is 4.39 Å². The second kappa shape index (κ2) is 7.33. The van der Waals surface area contributed by atoms with Crippen LogP contribution in [0.25, 0.3) is 22.6 Å². The maximum Gasteiger partial charge on any atom is 0.253 e. The van der Waals surface area contributed by atoms with Crippen molar-refractivity contribution in [3.63, 3.8) is 0 Å². The number of imidazole rings is 1. The molecule has 0 radical (unpaired) electrons. The fourth-order valence-electron chi connectivity index (χ4n) is 2.80. The van der Waals surface area contributed by atoms with Crippen molar-refractivity contribution in [2.75, 3.05) is 6.54 Å². The third-order valence-electron chi connectivity index (χ3n) is 4.17. The van der Waals surface area contributed by atoms with Crippen LogP contribution in [-0.4, -0.2) is 32.4 Å². The summed E-state index contributed by atoms with van der Waals surface area (Å²) in [5.41, 5.74) is 3.20. The Kier molecular flexibility index (Phi) is 4.57. The predicted molar refractivity (Wildman–Crippen MR) is 99.6 cm³/mol. The third-order valence-corrected chi connectivity index (χ3v) is 4.17. The summed E-state index contributed by atoms with van der Waals surface area (Å²) in [5.74, 6) is -0.00164. The number of halogens is 1. The van der Waals surface area contributed by atoms with Crippen LogP contribution in [0, 0.1) is 5.82 Å². The van der Waals surface area contributed by atoms with E-state index in [-0.39, 0.29) is 11.7 Å². The number of nitrogens with one attached hydrogen (secondary N) is 2. The van der Waals surface area contributed by atoms with Gasteiger partial charge in [-0.3, -0.25) is 9.78 Å². The van der Waals surface area contributed by atoms with E-state index < -0.39 is 0 Å². The van der Waals surface area contributed by atoms with Crippen molar-refractivity contribution in [2.24, 2.45) is 0 Å². The number of fused-ring (bicyclic) bond motifs is 1. The highest BCUT2D eigenvalue weighted by atomic mass is 19.1. The number of H-pyrrole nitrogens is 1. The summed E-state index contributed by atoms with van der Waals surface area (Å²) in [7, 11) is 0. The number of hydrogen-bond donors (Lipinski definition) is 2. The van der Waals surface area contributed by atoms with Gasteiger partial charge in [0.2, 0.25) is 0 Å². The minimum Gasteiger partial charge on any atom is -0.352 e. The number of amides is 1. The molecule has 4 aromatic rings. The van der Waals surface area contributed by atoms with E-state index in [2.05, 4.69) is 25.3 Å². The summed E-state index contributed by atoms with van der Waals surface area (Å²) in [6.45, 7) is 0.490. The SMILES string of the molecule is O=C(NCCc1cccnc1)c1ccnc2[nH]c(-c3ccc(F)cc3)nc12. The molecule has 0 aliphatic carbocycles. The molecular formula is C20H16FN5O. The van der Waals surface area contributed by atoms with Gasteiger partial charge in [0.1, 0.15) is 17.2 Å². The lowest BCUT2D eigenvalue weighted by molar-refractivity contribution is 0.0955.